The van der Waals surface area contributed by atoms with Crippen molar-refractivity contribution in [1.82, 2.24) is 4.90 Å². The Labute approximate surface area is 110 Å². The highest BCUT2D eigenvalue weighted by Gasteiger charge is 2.21. The van der Waals surface area contributed by atoms with E-state index >= 15 is 0 Å². The van der Waals surface area contributed by atoms with Crippen molar-refractivity contribution in [2.75, 3.05) is 13.1 Å². The van der Waals surface area contributed by atoms with Crippen LogP contribution in [0.1, 0.15) is 30.1 Å². The second-order valence-corrected chi connectivity index (χ2v) is 5.75. The summed E-state index contributed by atoms with van der Waals surface area (Å²) >= 11 is 2.25. The largest absolute Gasteiger partial charge is 0.338 e. The molecule has 0 radical (unpaired) electrons. The first-order chi connectivity index (χ1) is 7.66. The first-order valence-corrected chi connectivity index (χ1v) is 6.79. The number of rotatable bonds is 1. The zero-order chi connectivity index (χ0) is 11.5. The Morgan fingerprint density at radius 3 is 2.69 bits per heavy atom. The van der Waals surface area contributed by atoms with Crippen LogP contribution in [0.15, 0.2) is 24.3 Å². The zero-order valence-electron chi connectivity index (χ0n) is 9.45. The van der Waals surface area contributed by atoms with Crippen molar-refractivity contribution in [2.45, 2.75) is 19.8 Å². The van der Waals surface area contributed by atoms with Crippen LogP contribution in [0.4, 0.5) is 0 Å². The minimum absolute atomic E-state index is 0.183. The number of carbonyl (C=O) groups excluding carboxylic acids is 1. The molecule has 1 fully saturated rings. The van der Waals surface area contributed by atoms with E-state index in [9.17, 15) is 4.79 Å². The molecule has 1 heterocycles. The van der Waals surface area contributed by atoms with Gasteiger partial charge in [0.05, 0.1) is 0 Å². The molecule has 16 heavy (non-hydrogen) atoms. The van der Waals surface area contributed by atoms with Crippen molar-refractivity contribution >= 4 is 28.5 Å². The topological polar surface area (TPSA) is 20.3 Å². The van der Waals surface area contributed by atoms with Gasteiger partial charge in [-0.25, -0.2) is 0 Å². The standard InChI is InChI=1S/C13H16INO/c1-10-3-2-8-15(9-10)13(16)11-4-6-12(14)7-5-11/h4-7,10H,2-3,8-9H2,1H3. The predicted octanol–water partition coefficient (Wildman–Crippen LogP) is 3.16. The van der Waals surface area contributed by atoms with Crippen LogP contribution in [-0.2, 0) is 0 Å². The van der Waals surface area contributed by atoms with Crippen LogP contribution in [0.25, 0.3) is 0 Å². The highest BCUT2D eigenvalue weighted by atomic mass is 127. The number of amides is 1. The molecule has 1 aliphatic heterocycles. The molecule has 1 unspecified atom stereocenters. The van der Waals surface area contributed by atoms with Crippen LogP contribution in [0, 0.1) is 9.49 Å². The first-order valence-electron chi connectivity index (χ1n) is 5.71. The molecule has 1 saturated heterocycles. The van der Waals surface area contributed by atoms with E-state index in [4.69, 9.17) is 0 Å². The van der Waals surface area contributed by atoms with Crippen molar-refractivity contribution in [2.24, 2.45) is 5.92 Å². The van der Waals surface area contributed by atoms with Gasteiger partial charge in [-0.3, -0.25) is 4.79 Å². The van der Waals surface area contributed by atoms with E-state index in [1.165, 1.54) is 9.99 Å². The van der Waals surface area contributed by atoms with Gasteiger partial charge in [0, 0.05) is 22.2 Å². The molecule has 0 saturated carbocycles. The highest BCUT2D eigenvalue weighted by Crippen LogP contribution is 2.18. The summed E-state index contributed by atoms with van der Waals surface area (Å²) in [5, 5.41) is 0. The molecule has 1 amide bonds. The normalized spacial score (nSPS) is 20.9. The van der Waals surface area contributed by atoms with Gasteiger partial charge in [-0.15, -0.1) is 0 Å². The molecular formula is C13H16INO. The Morgan fingerprint density at radius 2 is 2.06 bits per heavy atom. The number of piperidine rings is 1. The van der Waals surface area contributed by atoms with E-state index in [0.29, 0.717) is 5.92 Å². The molecule has 2 rings (SSSR count). The van der Waals surface area contributed by atoms with Crippen LogP contribution in [0.2, 0.25) is 0 Å². The Morgan fingerprint density at radius 1 is 1.38 bits per heavy atom. The maximum atomic E-state index is 12.2. The monoisotopic (exact) mass is 329 g/mol. The molecule has 2 nitrogen and oxygen atoms in total. The number of hydrogen-bond donors (Lipinski definition) is 0. The van der Waals surface area contributed by atoms with Gasteiger partial charge in [0.15, 0.2) is 0 Å². The van der Waals surface area contributed by atoms with Crippen molar-refractivity contribution in [3.8, 4) is 0 Å². The summed E-state index contributed by atoms with van der Waals surface area (Å²) in [6.45, 7) is 4.04. The molecule has 1 atom stereocenters. The second-order valence-electron chi connectivity index (χ2n) is 4.51. The van der Waals surface area contributed by atoms with Crippen molar-refractivity contribution in [1.29, 1.82) is 0 Å². The fourth-order valence-electron chi connectivity index (χ4n) is 2.15. The third-order valence-electron chi connectivity index (χ3n) is 3.04. The minimum atomic E-state index is 0.183. The Hall–Kier alpha value is -0.580. The number of halogens is 1. The molecule has 1 aliphatic rings. The van der Waals surface area contributed by atoms with E-state index in [-0.39, 0.29) is 5.91 Å². The van der Waals surface area contributed by atoms with Gasteiger partial charge in [0.25, 0.3) is 5.91 Å². The highest BCUT2D eigenvalue weighted by molar-refractivity contribution is 14.1. The molecule has 1 aromatic rings. The van der Waals surface area contributed by atoms with E-state index < -0.39 is 0 Å². The van der Waals surface area contributed by atoms with Gasteiger partial charge in [0.1, 0.15) is 0 Å². The van der Waals surface area contributed by atoms with Crippen molar-refractivity contribution in [3.05, 3.63) is 33.4 Å². The average molecular weight is 329 g/mol. The first kappa shape index (κ1) is 11.9. The number of likely N-dealkylation sites (tertiary alicyclic amines) is 1. The van der Waals surface area contributed by atoms with Crippen molar-refractivity contribution < 1.29 is 4.79 Å². The molecule has 0 spiro atoms. The van der Waals surface area contributed by atoms with Gasteiger partial charge < -0.3 is 4.90 Å². The quantitative estimate of drug-likeness (QED) is 0.725. The maximum absolute atomic E-state index is 12.2. The molecule has 0 aliphatic carbocycles. The summed E-state index contributed by atoms with van der Waals surface area (Å²) in [7, 11) is 0. The van der Waals surface area contributed by atoms with Crippen LogP contribution < -0.4 is 0 Å². The second kappa shape index (κ2) is 5.17. The maximum Gasteiger partial charge on any atom is 0.253 e. The summed E-state index contributed by atoms with van der Waals surface area (Å²) < 4.78 is 1.17. The third kappa shape index (κ3) is 2.75. The Bertz CT molecular complexity index is 374. The van der Waals surface area contributed by atoms with E-state index in [2.05, 4.69) is 29.5 Å². The lowest BCUT2D eigenvalue weighted by Crippen LogP contribution is -2.39. The fourth-order valence-corrected chi connectivity index (χ4v) is 2.51. The van der Waals surface area contributed by atoms with Crippen LogP contribution in [-0.4, -0.2) is 23.9 Å². The Balaban J connectivity index is 2.09. The molecular weight excluding hydrogens is 313 g/mol. The molecule has 0 N–H and O–H groups in total. The summed E-state index contributed by atoms with van der Waals surface area (Å²) in [4.78, 5) is 14.2. The van der Waals surface area contributed by atoms with Gasteiger partial charge in [-0.1, -0.05) is 6.92 Å². The van der Waals surface area contributed by atoms with E-state index in [0.717, 1.165) is 25.1 Å². The van der Waals surface area contributed by atoms with Gasteiger partial charge in [0.2, 0.25) is 0 Å². The summed E-state index contributed by atoms with van der Waals surface area (Å²) in [5.41, 5.74) is 0.814. The summed E-state index contributed by atoms with van der Waals surface area (Å²) in [5.74, 6) is 0.824. The molecule has 0 aromatic heterocycles. The van der Waals surface area contributed by atoms with E-state index in [1.54, 1.807) is 0 Å². The number of benzene rings is 1. The molecule has 0 bridgehead atoms. The fraction of sp³-hybridized carbons (Fsp3) is 0.462. The molecule has 3 heteroatoms. The van der Waals surface area contributed by atoms with Crippen molar-refractivity contribution in [3.63, 3.8) is 0 Å². The van der Waals surface area contributed by atoms with Crippen LogP contribution >= 0.6 is 22.6 Å². The smallest absolute Gasteiger partial charge is 0.253 e. The number of carbonyl (C=O) groups is 1. The van der Waals surface area contributed by atoms with Gasteiger partial charge in [-0.2, -0.15) is 0 Å². The number of nitrogens with zero attached hydrogens (tertiary/aromatic N) is 1. The lowest BCUT2D eigenvalue weighted by Gasteiger charge is -2.31. The summed E-state index contributed by atoms with van der Waals surface area (Å²) in [6, 6.07) is 7.81. The Kier molecular flexibility index (Phi) is 3.84. The lowest BCUT2D eigenvalue weighted by atomic mass is 9.99. The molecule has 1 aromatic carbocycles. The van der Waals surface area contributed by atoms with E-state index in [1.807, 2.05) is 29.2 Å². The predicted molar refractivity (Wildman–Crippen MR) is 73.5 cm³/mol. The SMILES string of the molecule is CC1CCCN(C(=O)c2ccc(I)cc2)C1. The van der Waals surface area contributed by atoms with Gasteiger partial charge >= 0.3 is 0 Å². The number of hydrogen-bond acceptors (Lipinski definition) is 1. The molecule has 86 valence electrons. The third-order valence-corrected chi connectivity index (χ3v) is 3.75. The van der Waals surface area contributed by atoms with Crippen LogP contribution in [0.5, 0.6) is 0 Å². The zero-order valence-corrected chi connectivity index (χ0v) is 11.6. The minimum Gasteiger partial charge on any atom is -0.338 e. The summed E-state index contributed by atoms with van der Waals surface area (Å²) in [6.07, 6.45) is 2.38. The lowest BCUT2D eigenvalue weighted by molar-refractivity contribution is 0.0683. The van der Waals surface area contributed by atoms with Gasteiger partial charge in [-0.05, 0) is 65.6 Å². The average Bonchev–Trinajstić information content (AvgIpc) is 2.29. The van der Waals surface area contributed by atoms with Crippen LogP contribution in [0.3, 0.4) is 0 Å².